The normalized spacial score (nSPS) is 27.9. The highest BCUT2D eigenvalue weighted by atomic mass is 16.6. The second-order valence-corrected chi connectivity index (χ2v) is 4.63. The minimum absolute atomic E-state index is 0.240. The van der Waals surface area contributed by atoms with Gasteiger partial charge in [-0.2, -0.15) is 0 Å². The quantitative estimate of drug-likeness (QED) is 0.561. The Labute approximate surface area is 116 Å². The Morgan fingerprint density at radius 1 is 1.25 bits per heavy atom. The number of hydrogen-bond donors (Lipinski definition) is 0. The van der Waals surface area contributed by atoms with Crippen molar-refractivity contribution in [3.05, 3.63) is 23.3 Å². The molecule has 2 bridgehead atoms. The van der Waals surface area contributed by atoms with Crippen molar-refractivity contribution in [2.24, 2.45) is 11.8 Å². The van der Waals surface area contributed by atoms with Gasteiger partial charge in [-0.05, 0) is 6.92 Å². The van der Waals surface area contributed by atoms with Gasteiger partial charge in [0.2, 0.25) is 0 Å². The molecule has 3 rings (SSSR count). The fraction of sp³-hybridized carbons (Fsp3) is 0.500. The Balaban J connectivity index is 2.39. The SMILES string of the molecule is CCOC(=O)C1=C[C@H]2C=C(C(=O)OC)[C@H](OC2=O)[C@@H]1C. The van der Waals surface area contributed by atoms with Gasteiger partial charge in [-0.15, -0.1) is 0 Å². The molecule has 0 aromatic heterocycles. The third-order valence-electron chi connectivity index (χ3n) is 3.42. The van der Waals surface area contributed by atoms with Gasteiger partial charge in [0.1, 0.15) is 6.10 Å². The monoisotopic (exact) mass is 280 g/mol. The lowest BCUT2D eigenvalue weighted by molar-refractivity contribution is -0.154. The zero-order valence-corrected chi connectivity index (χ0v) is 11.5. The average Bonchev–Trinajstić information content (AvgIpc) is 2.64. The highest BCUT2D eigenvalue weighted by molar-refractivity contribution is 5.97. The Morgan fingerprint density at radius 2 is 1.90 bits per heavy atom. The lowest BCUT2D eigenvalue weighted by Gasteiger charge is -2.27. The van der Waals surface area contributed by atoms with Crippen LogP contribution in [0.1, 0.15) is 13.8 Å². The van der Waals surface area contributed by atoms with E-state index in [-0.39, 0.29) is 12.2 Å². The van der Waals surface area contributed by atoms with E-state index < -0.39 is 35.8 Å². The Morgan fingerprint density at radius 3 is 2.50 bits per heavy atom. The van der Waals surface area contributed by atoms with Crippen molar-refractivity contribution in [2.75, 3.05) is 13.7 Å². The second kappa shape index (κ2) is 5.48. The van der Waals surface area contributed by atoms with Crippen LogP contribution in [0.15, 0.2) is 23.3 Å². The number of hydrogen-bond acceptors (Lipinski definition) is 6. The number of carbonyl (C=O) groups is 3. The number of carbonyl (C=O) groups excluding carboxylic acids is 3. The highest BCUT2D eigenvalue weighted by Crippen LogP contribution is 2.35. The van der Waals surface area contributed by atoms with Crippen LogP contribution in [0.4, 0.5) is 0 Å². The first-order valence-corrected chi connectivity index (χ1v) is 6.39. The van der Waals surface area contributed by atoms with Gasteiger partial charge in [0.25, 0.3) is 0 Å². The van der Waals surface area contributed by atoms with E-state index in [0.29, 0.717) is 5.57 Å². The van der Waals surface area contributed by atoms with Crippen molar-refractivity contribution in [1.82, 2.24) is 0 Å². The predicted octanol–water partition coefficient (Wildman–Crippen LogP) is 0.767. The summed E-state index contributed by atoms with van der Waals surface area (Å²) < 4.78 is 14.9. The topological polar surface area (TPSA) is 78.9 Å². The molecule has 1 aliphatic carbocycles. The van der Waals surface area contributed by atoms with Gasteiger partial charge in [-0.25, -0.2) is 9.59 Å². The first-order valence-electron chi connectivity index (χ1n) is 6.39. The van der Waals surface area contributed by atoms with E-state index in [1.165, 1.54) is 19.3 Å². The van der Waals surface area contributed by atoms with Gasteiger partial charge in [0.15, 0.2) is 0 Å². The molecule has 6 nitrogen and oxygen atoms in total. The minimum Gasteiger partial charge on any atom is -0.466 e. The lowest BCUT2D eigenvalue weighted by Crippen LogP contribution is -2.36. The zero-order valence-electron chi connectivity index (χ0n) is 11.5. The number of esters is 3. The minimum atomic E-state index is -0.815. The number of fused-ring (bicyclic) bond motifs is 2. The van der Waals surface area contributed by atoms with E-state index >= 15 is 0 Å². The maximum absolute atomic E-state index is 11.9. The van der Waals surface area contributed by atoms with Crippen molar-refractivity contribution in [3.8, 4) is 0 Å². The third-order valence-corrected chi connectivity index (χ3v) is 3.42. The summed E-state index contributed by atoms with van der Waals surface area (Å²) in [6.07, 6.45) is 2.18. The summed E-state index contributed by atoms with van der Waals surface area (Å²) in [6.45, 7) is 3.66. The molecule has 2 aliphatic heterocycles. The molecule has 3 aliphatic rings. The first kappa shape index (κ1) is 14.3. The first-order chi connectivity index (χ1) is 9.49. The predicted molar refractivity (Wildman–Crippen MR) is 67.3 cm³/mol. The molecule has 0 aromatic rings. The molecule has 0 amide bonds. The summed E-state index contributed by atoms with van der Waals surface area (Å²) in [5, 5.41) is 0. The van der Waals surface area contributed by atoms with Gasteiger partial charge in [0, 0.05) is 11.5 Å². The van der Waals surface area contributed by atoms with Crippen LogP contribution in [0, 0.1) is 11.8 Å². The number of rotatable bonds is 3. The average molecular weight is 280 g/mol. The van der Waals surface area contributed by atoms with Gasteiger partial charge in [-0.1, -0.05) is 19.1 Å². The summed E-state index contributed by atoms with van der Waals surface area (Å²) in [4.78, 5) is 35.5. The van der Waals surface area contributed by atoms with Crippen LogP contribution < -0.4 is 0 Å². The summed E-state index contributed by atoms with van der Waals surface area (Å²) >= 11 is 0. The summed E-state index contributed by atoms with van der Waals surface area (Å²) in [7, 11) is 1.26. The van der Waals surface area contributed by atoms with Crippen molar-refractivity contribution in [3.63, 3.8) is 0 Å². The summed E-state index contributed by atoms with van der Waals surface area (Å²) in [5.41, 5.74) is 0.614. The zero-order chi connectivity index (χ0) is 14.9. The van der Waals surface area contributed by atoms with Gasteiger partial charge in [0.05, 0.1) is 25.2 Å². The Hall–Kier alpha value is -2.11. The van der Waals surface area contributed by atoms with Gasteiger partial charge in [-0.3, -0.25) is 4.79 Å². The molecule has 0 unspecified atom stereocenters. The maximum Gasteiger partial charge on any atom is 0.337 e. The molecule has 0 radical (unpaired) electrons. The molecule has 0 N–H and O–H groups in total. The van der Waals surface area contributed by atoms with Gasteiger partial charge >= 0.3 is 17.9 Å². The van der Waals surface area contributed by atoms with Crippen molar-refractivity contribution in [2.45, 2.75) is 20.0 Å². The highest BCUT2D eigenvalue weighted by Gasteiger charge is 2.43. The molecule has 0 spiro atoms. The molecule has 0 saturated heterocycles. The van der Waals surface area contributed by atoms with E-state index in [4.69, 9.17) is 9.47 Å². The molecule has 108 valence electrons. The summed E-state index contributed by atoms with van der Waals surface area (Å²) in [5.74, 6) is -2.75. The number of methoxy groups -OCH3 is 1. The van der Waals surface area contributed by atoms with E-state index in [9.17, 15) is 14.4 Å². The molecular formula is C14H16O6. The van der Waals surface area contributed by atoms with Crippen LogP contribution in [-0.2, 0) is 28.6 Å². The molecular weight excluding hydrogens is 264 g/mol. The standard InChI is InChI=1S/C14H16O6/c1-4-19-14(17)9-5-8-6-10(13(16)18-3)11(7(9)2)20-12(8)15/h5-8,11H,4H2,1-3H3/t7-,8+,11-/m1/s1. The smallest absolute Gasteiger partial charge is 0.337 e. The molecule has 2 heterocycles. The van der Waals surface area contributed by atoms with Gasteiger partial charge < -0.3 is 14.2 Å². The van der Waals surface area contributed by atoms with Crippen LogP contribution in [0.25, 0.3) is 0 Å². The fourth-order valence-electron chi connectivity index (χ4n) is 2.39. The van der Waals surface area contributed by atoms with Crippen LogP contribution in [0.2, 0.25) is 0 Å². The van der Waals surface area contributed by atoms with E-state index in [1.54, 1.807) is 13.8 Å². The largest absolute Gasteiger partial charge is 0.466 e. The van der Waals surface area contributed by atoms with Crippen LogP contribution in [0.3, 0.4) is 0 Å². The molecule has 0 aromatic carbocycles. The van der Waals surface area contributed by atoms with Crippen molar-refractivity contribution in [1.29, 1.82) is 0 Å². The van der Waals surface area contributed by atoms with E-state index in [1.807, 2.05) is 0 Å². The van der Waals surface area contributed by atoms with Crippen LogP contribution in [0.5, 0.6) is 0 Å². The molecule has 20 heavy (non-hydrogen) atoms. The molecule has 0 fully saturated rings. The van der Waals surface area contributed by atoms with Crippen molar-refractivity contribution < 1.29 is 28.6 Å². The fourth-order valence-corrected chi connectivity index (χ4v) is 2.39. The lowest BCUT2D eigenvalue weighted by atomic mass is 9.91. The van der Waals surface area contributed by atoms with Crippen LogP contribution in [-0.4, -0.2) is 37.7 Å². The molecule has 3 atom stereocenters. The Kier molecular flexibility index (Phi) is 3.92. The molecule has 6 heteroatoms. The summed E-state index contributed by atoms with van der Waals surface area (Å²) in [6, 6.07) is 0. The van der Waals surface area contributed by atoms with Crippen molar-refractivity contribution >= 4 is 17.9 Å². The van der Waals surface area contributed by atoms with Crippen LogP contribution >= 0.6 is 0 Å². The van der Waals surface area contributed by atoms with E-state index in [2.05, 4.69) is 4.74 Å². The second-order valence-electron chi connectivity index (χ2n) is 4.63. The number of ether oxygens (including phenoxy) is 3. The van der Waals surface area contributed by atoms with E-state index in [0.717, 1.165) is 0 Å². The Bertz CT molecular complexity index is 516. The maximum atomic E-state index is 11.9. The third kappa shape index (κ3) is 2.33. The molecule has 0 saturated carbocycles.